The summed E-state index contributed by atoms with van der Waals surface area (Å²) in [5, 5.41) is 4.53. The summed E-state index contributed by atoms with van der Waals surface area (Å²) in [5.41, 5.74) is 2.42. The maximum absolute atomic E-state index is 4.70. The number of nitrogens with one attached hydrogen (secondary N) is 1. The number of halogens is 1. The van der Waals surface area contributed by atoms with Gasteiger partial charge in [-0.15, -0.1) is 11.3 Å². The fraction of sp³-hybridized carbons (Fsp3) is 0.438. The minimum absolute atomic E-state index is 0.869. The summed E-state index contributed by atoms with van der Waals surface area (Å²) in [6.07, 6.45) is 1.16. The molecular weight excluding hydrogens is 346 g/mol. The molecule has 2 rings (SSSR count). The number of thiazole rings is 1. The van der Waals surface area contributed by atoms with E-state index >= 15 is 0 Å². The average Bonchev–Trinajstić information content (AvgIpc) is 2.81. The molecule has 21 heavy (non-hydrogen) atoms. The lowest BCUT2D eigenvalue weighted by Gasteiger charge is -2.15. The number of hydrogen-bond donors (Lipinski definition) is 1. The lowest BCUT2D eigenvalue weighted by Crippen LogP contribution is -2.16. The van der Waals surface area contributed by atoms with Gasteiger partial charge in [0, 0.05) is 29.5 Å². The molecule has 0 aliphatic heterocycles. The molecule has 114 valence electrons. The second-order valence-corrected chi connectivity index (χ2v) is 7.15. The van der Waals surface area contributed by atoms with Crippen LogP contribution in [0.3, 0.4) is 0 Å². The molecule has 5 heteroatoms. The normalized spacial score (nSPS) is 10.9. The molecule has 0 unspecified atom stereocenters. The number of aromatic nitrogens is 1. The quantitative estimate of drug-likeness (QED) is 0.737. The highest BCUT2D eigenvalue weighted by Crippen LogP contribution is 2.26. The lowest BCUT2D eigenvalue weighted by atomic mass is 10.2. The van der Waals surface area contributed by atoms with E-state index in [0.717, 1.165) is 41.4 Å². The molecule has 0 fully saturated rings. The number of benzene rings is 1. The van der Waals surface area contributed by atoms with Crippen LogP contribution in [-0.2, 0) is 13.1 Å². The van der Waals surface area contributed by atoms with Crippen molar-refractivity contribution < 1.29 is 0 Å². The summed E-state index contributed by atoms with van der Waals surface area (Å²) in [6.45, 7) is 7.12. The Bertz CT molecular complexity index is 583. The number of anilines is 1. The SMILES string of the molecule is CCCNCc1sc(N(C)Cc2cccc(Br)c2)nc1C. The van der Waals surface area contributed by atoms with Gasteiger partial charge < -0.3 is 10.2 Å². The molecule has 1 N–H and O–H groups in total. The van der Waals surface area contributed by atoms with Crippen molar-refractivity contribution in [2.45, 2.75) is 33.4 Å². The first kappa shape index (κ1) is 16.5. The molecule has 0 atom stereocenters. The maximum Gasteiger partial charge on any atom is 0.185 e. The summed E-state index contributed by atoms with van der Waals surface area (Å²) in [5.74, 6) is 0. The highest BCUT2D eigenvalue weighted by atomic mass is 79.9. The van der Waals surface area contributed by atoms with Crippen LogP contribution >= 0.6 is 27.3 Å². The third-order valence-corrected chi connectivity index (χ3v) is 4.99. The fourth-order valence-electron chi connectivity index (χ4n) is 2.10. The van der Waals surface area contributed by atoms with Gasteiger partial charge in [0.2, 0.25) is 0 Å². The summed E-state index contributed by atoms with van der Waals surface area (Å²) in [6, 6.07) is 8.42. The standard InChI is InChI=1S/C16H22BrN3S/c1-4-8-18-10-15-12(2)19-16(21-15)20(3)11-13-6-5-7-14(17)9-13/h5-7,9,18H,4,8,10-11H2,1-3H3. The molecule has 1 aromatic carbocycles. The number of hydrogen-bond acceptors (Lipinski definition) is 4. The van der Waals surface area contributed by atoms with Gasteiger partial charge in [-0.25, -0.2) is 4.98 Å². The van der Waals surface area contributed by atoms with Crippen molar-refractivity contribution in [3.8, 4) is 0 Å². The molecule has 0 aliphatic carbocycles. The van der Waals surface area contributed by atoms with E-state index in [-0.39, 0.29) is 0 Å². The maximum atomic E-state index is 4.70. The molecular formula is C16H22BrN3S. The van der Waals surface area contributed by atoms with Crippen molar-refractivity contribution in [3.63, 3.8) is 0 Å². The van der Waals surface area contributed by atoms with Crippen LogP contribution in [0.25, 0.3) is 0 Å². The van der Waals surface area contributed by atoms with Crippen molar-refractivity contribution in [3.05, 3.63) is 44.9 Å². The number of rotatable bonds is 7. The predicted octanol–water partition coefficient (Wildman–Crippen LogP) is 4.35. The first-order valence-electron chi connectivity index (χ1n) is 7.22. The summed E-state index contributed by atoms with van der Waals surface area (Å²) < 4.78 is 1.12. The van der Waals surface area contributed by atoms with Crippen molar-refractivity contribution in [2.75, 3.05) is 18.5 Å². The Morgan fingerprint density at radius 2 is 2.19 bits per heavy atom. The van der Waals surface area contributed by atoms with E-state index in [4.69, 9.17) is 4.98 Å². The molecule has 0 aliphatic rings. The van der Waals surface area contributed by atoms with E-state index in [1.807, 2.05) is 0 Å². The van der Waals surface area contributed by atoms with E-state index < -0.39 is 0 Å². The predicted molar refractivity (Wildman–Crippen MR) is 95.1 cm³/mol. The topological polar surface area (TPSA) is 28.2 Å². The van der Waals surface area contributed by atoms with Gasteiger partial charge in [-0.05, 0) is 37.6 Å². The van der Waals surface area contributed by atoms with Gasteiger partial charge in [-0.2, -0.15) is 0 Å². The summed E-state index contributed by atoms with van der Waals surface area (Å²) in [4.78, 5) is 8.24. The molecule has 0 saturated carbocycles. The zero-order chi connectivity index (χ0) is 15.2. The highest BCUT2D eigenvalue weighted by Gasteiger charge is 2.11. The van der Waals surface area contributed by atoms with Crippen LogP contribution in [0.2, 0.25) is 0 Å². The Kier molecular flexibility index (Phi) is 6.21. The molecule has 0 spiro atoms. The van der Waals surface area contributed by atoms with E-state index in [2.05, 4.69) is 71.3 Å². The van der Waals surface area contributed by atoms with Crippen molar-refractivity contribution in [2.24, 2.45) is 0 Å². The van der Waals surface area contributed by atoms with Gasteiger partial charge in [0.05, 0.1) is 5.69 Å². The Labute approximate surface area is 139 Å². The smallest absolute Gasteiger partial charge is 0.185 e. The number of nitrogens with zero attached hydrogens (tertiary/aromatic N) is 2. The van der Waals surface area contributed by atoms with Gasteiger partial charge in [0.15, 0.2) is 5.13 Å². The lowest BCUT2D eigenvalue weighted by molar-refractivity contribution is 0.678. The Morgan fingerprint density at radius 3 is 2.90 bits per heavy atom. The van der Waals surface area contributed by atoms with Crippen LogP contribution < -0.4 is 10.2 Å². The minimum Gasteiger partial charge on any atom is -0.347 e. The number of aryl methyl sites for hydroxylation is 1. The zero-order valence-electron chi connectivity index (χ0n) is 12.8. The second kappa shape index (κ2) is 7.92. The van der Waals surface area contributed by atoms with E-state index in [1.54, 1.807) is 11.3 Å². The van der Waals surface area contributed by atoms with Gasteiger partial charge >= 0.3 is 0 Å². The molecule has 0 saturated heterocycles. The largest absolute Gasteiger partial charge is 0.347 e. The fourth-order valence-corrected chi connectivity index (χ4v) is 3.53. The zero-order valence-corrected chi connectivity index (χ0v) is 15.2. The molecule has 3 nitrogen and oxygen atoms in total. The molecule has 0 amide bonds. The van der Waals surface area contributed by atoms with Crippen LogP contribution in [0.15, 0.2) is 28.7 Å². The molecule has 2 aromatic rings. The van der Waals surface area contributed by atoms with E-state index in [1.165, 1.54) is 10.4 Å². The van der Waals surface area contributed by atoms with Crippen molar-refractivity contribution in [1.82, 2.24) is 10.3 Å². The van der Waals surface area contributed by atoms with Crippen molar-refractivity contribution >= 4 is 32.4 Å². The molecule has 0 bridgehead atoms. The van der Waals surface area contributed by atoms with Crippen molar-refractivity contribution in [1.29, 1.82) is 0 Å². The third kappa shape index (κ3) is 4.80. The van der Waals surface area contributed by atoms with Gasteiger partial charge in [0.25, 0.3) is 0 Å². The van der Waals surface area contributed by atoms with Crippen LogP contribution in [0.4, 0.5) is 5.13 Å². The summed E-state index contributed by atoms with van der Waals surface area (Å²) >= 11 is 5.30. The molecule has 0 radical (unpaired) electrons. The van der Waals surface area contributed by atoms with Crippen LogP contribution in [0, 0.1) is 6.92 Å². The average molecular weight is 368 g/mol. The van der Waals surface area contributed by atoms with Gasteiger partial charge in [-0.3, -0.25) is 0 Å². The Hall–Kier alpha value is -0.910. The third-order valence-electron chi connectivity index (χ3n) is 3.23. The van der Waals surface area contributed by atoms with Crippen LogP contribution in [0.5, 0.6) is 0 Å². The second-order valence-electron chi connectivity index (χ2n) is 5.17. The first-order valence-corrected chi connectivity index (χ1v) is 8.83. The van der Waals surface area contributed by atoms with Gasteiger partial charge in [-0.1, -0.05) is 35.0 Å². The minimum atomic E-state index is 0.869. The van der Waals surface area contributed by atoms with Crippen LogP contribution in [-0.4, -0.2) is 18.6 Å². The monoisotopic (exact) mass is 367 g/mol. The van der Waals surface area contributed by atoms with E-state index in [0.29, 0.717) is 0 Å². The Balaban J connectivity index is 2.02. The summed E-state index contributed by atoms with van der Waals surface area (Å²) in [7, 11) is 2.10. The van der Waals surface area contributed by atoms with E-state index in [9.17, 15) is 0 Å². The van der Waals surface area contributed by atoms with Gasteiger partial charge in [0.1, 0.15) is 0 Å². The Morgan fingerprint density at radius 1 is 1.38 bits per heavy atom. The highest BCUT2D eigenvalue weighted by molar-refractivity contribution is 9.10. The van der Waals surface area contributed by atoms with Crippen LogP contribution in [0.1, 0.15) is 29.5 Å². The molecule has 1 aromatic heterocycles. The molecule has 1 heterocycles. The first-order chi connectivity index (χ1) is 10.1.